The highest BCUT2D eigenvalue weighted by Gasteiger charge is 2.01. The summed E-state index contributed by atoms with van der Waals surface area (Å²) in [6.45, 7) is 2.02. The van der Waals surface area contributed by atoms with Crippen molar-refractivity contribution in [2.75, 3.05) is 5.43 Å². The minimum absolute atomic E-state index is 0.146. The fraction of sp³-hybridized carbons (Fsp3) is 0.0714. The molecule has 0 saturated heterocycles. The van der Waals surface area contributed by atoms with Gasteiger partial charge in [0.05, 0.1) is 11.8 Å². The zero-order valence-electron chi connectivity index (χ0n) is 10.4. The fourth-order valence-electron chi connectivity index (χ4n) is 1.41. The number of aromatic carboxylic acids is 1. The molecule has 1 heterocycles. The van der Waals surface area contributed by atoms with Gasteiger partial charge in [-0.2, -0.15) is 5.10 Å². The molecule has 0 saturated carbocycles. The van der Waals surface area contributed by atoms with Gasteiger partial charge in [0.1, 0.15) is 5.82 Å². The normalized spacial score (nSPS) is 10.6. The summed E-state index contributed by atoms with van der Waals surface area (Å²) < 4.78 is 0. The number of hydrogen-bond acceptors (Lipinski definition) is 4. The predicted molar refractivity (Wildman–Crippen MR) is 73.6 cm³/mol. The zero-order valence-corrected chi connectivity index (χ0v) is 10.4. The number of nitrogens with one attached hydrogen (secondary N) is 1. The Hall–Kier alpha value is -2.69. The Bertz CT molecular complexity index is 589. The maximum atomic E-state index is 10.6. The van der Waals surface area contributed by atoms with Crippen LogP contribution in [0.4, 0.5) is 5.82 Å². The number of carboxylic acids is 1. The molecule has 2 rings (SSSR count). The summed E-state index contributed by atoms with van der Waals surface area (Å²) in [6.07, 6.45) is 2.96. The van der Waals surface area contributed by atoms with Crippen molar-refractivity contribution in [2.45, 2.75) is 6.92 Å². The molecule has 0 radical (unpaired) electrons. The molecule has 0 bridgehead atoms. The highest BCUT2D eigenvalue weighted by molar-refractivity contribution is 5.87. The first-order valence-corrected chi connectivity index (χ1v) is 5.70. The lowest BCUT2D eigenvalue weighted by Crippen LogP contribution is -1.99. The molecule has 2 N–H and O–H groups in total. The molecule has 19 heavy (non-hydrogen) atoms. The number of aromatic nitrogens is 1. The van der Waals surface area contributed by atoms with Crippen LogP contribution in [0.2, 0.25) is 0 Å². The van der Waals surface area contributed by atoms with E-state index in [-0.39, 0.29) is 5.56 Å². The number of pyridine rings is 1. The molecular formula is C14H13N3O2. The van der Waals surface area contributed by atoms with Crippen molar-refractivity contribution in [2.24, 2.45) is 5.10 Å². The first-order valence-electron chi connectivity index (χ1n) is 5.70. The smallest absolute Gasteiger partial charge is 0.337 e. The van der Waals surface area contributed by atoms with Gasteiger partial charge < -0.3 is 5.11 Å². The number of hydrogen-bond donors (Lipinski definition) is 2. The van der Waals surface area contributed by atoms with Crippen molar-refractivity contribution < 1.29 is 9.90 Å². The van der Waals surface area contributed by atoms with Gasteiger partial charge in [-0.3, -0.25) is 5.43 Å². The Morgan fingerprint density at radius 1 is 1.26 bits per heavy atom. The molecule has 0 fully saturated rings. The fourth-order valence-corrected chi connectivity index (χ4v) is 1.41. The van der Waals surface area contributed by atoms with E-state index < -0.39 is 5.97 Å². The molecule has 0 aliphatic carbocycles. The number of nitrogens with zero attached hydrogens (tertiary/aromatic N) is 2. The van der Waals surface area contributed by atoms with Crippen LogP contribution in [0.25, 0.3) is 0 Å². The Morgan fingerprint density at radius 3 is 2.58 bits per heavy atom. The monoisotopic (exact) mass is 255 g/mol. The average Bonchev–Trinajstić information content (AvgIpc) is 2.41. The van der Waals surface area contributed by atoms with Gasteiger partial charge in [0.2, 0.25) is 0 Å². The second-order valence-electron chi connectivity index (χ2n) is 4.02. The van der Waals surface area contributed by atoms with Gasteiger partial charge >= 0.3 is 5.97 Å². The summed E-state index contributed by atoms with van der Waals surface area (Å²) in [5.74, 6) is -0.504. The summed E-state index contributed by atoms with van der Waals surface area (Å²) in [4.78, 5) is 14.6. The molecule has 0 aliphatic heterocycles. The third-order valence-electron chi connectivity index (χ3n) is 2.48. The molecule has 5 heteroatoms. The van der Waals surface area contributed by atoms with E-state index in [1.165, 1.54) is 17.8 Å². The molecule has 0 aliphatic rings. The number of carbonyl (C=O) groups is 1. The van der Waals surface area contributed by atoms with Crippen molar-refractivity contribution in [3.63, 3.8) is 0 Å². The van der Waals surface area contributed by atoms with Gasteiger partial charge in [-0.15, -0.1) is 0 Å². The molecule has 0 unspecified atom stereocenters. The maximum absolute atomic E-state index is 10.6. The van der Waals surface area contributed by atoms with Crippen molar-refractivity contribution in [3.05, 3.63) is 59.3 Å². The molecule has 5 nitrogen and oxygen atoms in total. The Kier molecular flexibility index (Phi) is 3.87. The van der Waals surface area contributed by atoms with Gasteiger partial charge in [0, 0.05) is 6.20 Å². The Labute approximate surface area is 110 Å². The number of anilines is 1. The van der Waals surface area contributed by atoms with Crippen molar-refractivity contribution in [1.82, 2.24) is 4.98 Å². The molecule has 0 amide bonds. The van der Waals surface area contributed by atoms with E-state index in [0.717, 1.165) is 5.56 Å². The van der Waals surface area contributed by atoms with Crippen LogP contribution in [0.5, 0.6) is 0 Å². The van der Waals surface area contributed by atoms with Crippen molar-refractivity contribution in [1.29, 1.82) is 0 Å². The van der Waals surface area contributed by atoms with Crippen LogP contribution >= 0.6 is 0 Å². The molecular weight excluding hydrogens is 242 g/mol. The summed E-state index contributed by atoms with van der Waals surface area (Å²) in [7, 11) is 0. The van der Waals surface area contributed by atoms with Gasteiger partial charge in [-0.05, 0) is 24.6 Å². The van der Waals surface area contributed by atoms with Gasteiger partial charge in [0.15, 0.2) is 0 Å². The standard InChI is InChI=1S/C14H13N3O2/c1-10-2-4-11(5-3-10)8-16-17-13-7-6-12(9-15-13)14(18)19/h2-9H,1H3,(H,15,17)(H,18,19)/b16-8+. The maximum Gasteiger partial charge on any atom is 0.337 e. The minimum Gasteiger partial charge on any atom is -0.478 e. The summed E-state index contributed by atoms with van der Waals surface area (Å²) >= 11 is 0. The number of aryl methyl sites for hydroxylation is 1. The second kappa shape index (κ2) is 5.77. The molecule has 96 valence electrons. The largest absolute Gasteiger partial charge is 0.478 e. The summed E-state index contributed by atoms with van der Waals surface area (Å²) in [5.41, 5.74) is 5.05. The molecule has 0 spiro atoms. The van der Waals surface area contributed by atoms with Crippen molar-refractivity contribution >= 4 is 18.0 Å². The van der Waals surface area contributed by atoms with Gasteiger partial charge in [0.25, 0.3) is 0 Å². The lowest BCUT2D eigenvalue weighted by molar-refractivity contribution is 0.0696. The number of benzene rings is 1. The Morgan fingerprint density at radius 2 is 2.00 bits per heavy atom. The van der Waals surface area contributed by atoms with Crippen LogP contribution in [-0.4, -0.2) is 22.3 Å². The third kappa shape index (κ3) is 3.64. The van der Waals surface area contributed by atoms with E-state index in [4.69, 9.17) is 5.11 Å². The van der Waals surface area contributed by atoms with E-state index in [1.54, 1.807) is 12.3 Å². The first kappa shape index (κ1) is 12.8. The lowest BCUT2D eigenvalue weighted by Gasteiger charge is -1.99. The SMILES string of the molecule is Cc1ccc(/C=N/Nc2ccc(C(=O)O)cn2)cc1. The number of hydrazone groups is 1. The molecule has 1 aromatic carbocycles. The molecule has 0 atom stereocenters. The number of carboxylic acid groups (broad SMARTS) is 1. The molecule has 1 aromatic heterocycles. The molecule has 2 aromatic rings. The van der Waals surface area contributed by atoms with E-state index >= 15 is 0 Å². The minimum atomic E-state index is -0.998. The lowest BCUT2D eigenvalue weighted by atomic mass is 10.2. The van der Waals surface area contributed by atoms with Crippen LogP contribution in [0.15, 0.2) is 47.7 Å². The van der Waals surface area contributed by atoms with Crippen molar-refractivity contribution in [3.8, 4) is 0 Å². The van der Waals surface area contributed by atoms with Gasteiger partial charge in [-0.25, -0.2) is 9.78 Å². The van der Waals surface area contributed by atoms with Crippen LogP contribution in [0, 0.1) is 6.92 Å². The van der Waals surface area contributed by atoms with E-state index in [2.05, 4.69) is 15.5 Å². The van der Waals surface area contributed by atoms with Crippen LogP contribution in [-0.2, 0) is 0 Å². The topological polar surface area (TPSA) is 74.6 Å². The van der Waals surface area contributed by atoms with E-state index in [9.17, 15) is 4.79 Å². The highest BCUT2D eigenvalue weighted by atomic mass is 16.4. The van der Waals surface area contributed by atoms with E-state index in [1.807, 2.05) is 31.2 Å². The van der Waals surface area contributed by atoms with Crippen LogP contribution in [0.1, 0.15) is 21.5 Å². The quantitative estimate of drug-likeness (QED) is 0.650. The third-order valence-corrected chi connectivity index (χ3v) is 2.48. The predicted octanol–water partition coefficient (Wildman–Crippen LogP) is 2.53. The Balaban J connectivity index is 1.98. The highest BCUT2D eigenvalue weighted by Crippen LogP contribution is 2.05. The average molecular weight is 255 g/mol. The number of rotatable bonds is 4. The first-order chi connectivity index (χ1) is 9.15. The summed E-state index contributed by atoms with van der Waals surface area (Å²) in [5, 5.41) is 12.8. The van der Waals surface area contributed by atoms with E-state index in [0.29, 0.717) is 5.82 Å². The second-order valence-corrected chi connectivity index (χ2v) is 4.02. The van der Waals surface area contributed by atoms with Crippen LogP contribution < -0.4 is 5.43 Å². The van der Waals surface area contributed by atoms with Crippen LogP contribution in [0.3, 0.4) is 0 Å². The zero-order chi connectivity index (χ0) is 13.7. The summed E-state index contributed by atoms with van der Waals surface area (Å²) in [6, 6.07) is 11.0. The van der Waals surface area contributed by atoms with Gasteiger partial charge in [-0.1, -0.05) is 29.8 Å².